The van der Waals surface area contributed by atoms with Crippen molar-refractivity contribution in [2.24, 2.45) is 0 Å². The predicted molar refractivity (Wildman–Crippen MR) is 93.2 cm³/mol. The van der Waals surface area contributed by atoms with Gasteiger partial charge in [0.25, 0.3) is 11.8 Å². The van der Waals surface area contributed by atoms with Gasteiger partial charge in [-0.15, -0.1) is 0 Å². The van der Waals surface area contributed by atoms with Crippen LogP contribution in [0.3, 0.4) is 0 Å². The van der Waals surface area contributed by atoms with Gasteiger partial charge in [0.05, 0.1) is 26.4 Å². The topological polar surface area (TPSA) is 108 Å². The van der Waals surface area contributed by atoms with E-state index < -0.39 is 29.4 Å². The molecular weight excluding hydrogens is 358 g/mol. The SMILES string of the molecule is CCOC=C(C(=O)OCCOCCN1C(=O)C=CC1=O)C(=O)OC(C)(C)C. The molecule has 1 aliphatic heterocycles. The Bertz CT molecular complexity index is 612. The summed E-state index contributed by atoms with van der Waals surface area (Å²) in [5.74, 6) is -2.52. The molecule has 1 aliphatic rings. The molecule has 0 N–H and O–H groups in total. The first-order chi connectivity index (χ1) is 12.7. The Hall–Kier alpha value is -2.68. The lowest BCUT2D eigenvalue weighted by molar-refractivity contribution is -0.155. The smallest absolute Gasteiger partial charge is 0.349 e. The average Bonchev–Trinajstić information content (AvgIpc) is 2.88. The number of nitrogens with zero attached hydrogens (tertiary/aromatic N) is 1. The lowest BCUT2D eigenvalue weighted by Gasteiger charge is -2.20. The molecule has 1 rings (SSSR count). The van der Waals surface area contributed by atoms with Crippen molar-refractivity contribution in [2.45, 2.75) is 33.3 Å². The van der Waals surface area contributed by atoms with E-state index in [4.69, 9.17) is 18.9 Å². The van der Waals surface area contributed by atoms with E-state index in [1.165, 1.54) is 12.2 Å². The minimum atomic E-state index is -0.893. The highest BCUT2D eigenvalue weighted by Gasteiger charge is 2.27. The summed E-state index contributed by atoms with van der Waals surface area (Å²) < 4.78 is 20.4. The van der Waals surface area contributed by atoms with Crippen LogP contribution >= 0.6 is 0 Å². The highest BCUT2D eigenvalue weighted by Crippen LogP contribution is 2.12. The Morgan fingerprint density at radius 2 is 1.67 bits per heavy atom. The molecule has 0 saturated carbocycles. The van der Waals surface area contributed by atoms with Crippen LogP contribution in [-0.2, 0) is 38.1 Å². The number of ether oxygens (including phenoxy) is 4. The van der Waals surface area contributed by atoms with Gasteiger partial charge in [0.1, 0.15) is 18.5 Å². The van der Waals surface area contributed by atoms with Crippen molar-refractivity contribution in [3.05, 3.63) is 24.0 Å². The van der Waals surface area contributed by atoms with E-state index in [9.17, 15) is 19.2 Å². The molecule has 0 unspecified atom stereocenters. The predicted octanol–water partition coefficient (Wildman–Crippen LogP) is 0.733. The van der Waals surface area contributed by atoms with Crippen LogP contribution in [0.2, 0.25) is 0 Å². The first-order valence-corrected chi connectivity index (χ1v) is 8.49. The Morgan fingerprint density at radius 3 is 2.22 bits per heavy atom. The van der Waals surface area contributed by atoms with Crippen LogP contribution < -0.4 is 0 Å². The normalized spacial score (nSPS) is 14.5. The van der Waals surface area contributed by atoms with Crippen molar-refractivity contribution < 1.29 is 38.1 Å². The van der Waals surface area contributed by atoms with Gasteiger partial charge in [0, 0.05) is 12.2 Å². The molecule has 0 aliphatic carbocycles. The number of hydrogen-bond donors (Lipinski definition) is 0. The van der Waals surface area contributed by atoms with Gasteiger partial charge in [0.15, 0.2) is 5.57 Å². The van der Waals surface area contributed by atoms with Crippen LogP contribution in [0.1, 0.15) is 27.7 Å². The second-order valence-corrected chi connectivity index (χ2v) is 6.40. The number of esters is 2. The summed E-state index contributed by atoms with van der Waals surface area (Å²) in [5.41, 5.74) is -1.13. The van der Waals surface area contributed by atoms with Crippen molar-refractivity contribution in [3.63, 3.8) is 0 Å². The van der Waals surface area contributed by atoms with Gasteiger partial charge in [0.2, 0.25) is 0 Å². The molecule has 0 bridgehead atoms. The second kappa shape index (κ2) is 10.5. The van der Waals surface area contributed by atoms with Crippen LogP contribution in [0.5, 0.6) is 0 Å². The molecule has 0 aromatic rings. The molecule has 150 valence electrons. The van der Waals surface area contributed by atoms with E-state index in [0.717, 1.165) is 11.2 Å². The third kappa shape index (κ3) is 8.04. The highest BCUT2D eigenvalue weighted by atomic mass is 16.6. The van der Waals surface area contributed by atoms with Crippen LogP contribution in [-0.4, -0.2) is 67.2 Å². The molecule has 0 aromatic heterocycles. The van der Waals surface area contributed by atoms with Crippen molar-refractivity contribution in [2.75, 3.05) is 33.0 Å². The summed E-state index contributed by atoms with van der Waals surface area (Å²) in [5, 5.41) is 0. The average molecular weight is 383 g/mol. The third-order valence-corrected chi connectivity index (χ3v) is 3.03. The van der Waals surface area contributed by atoms with Crippen molar-refractivity contribution in [1.29, 1.82) is 0 Å². The zero-order chi connectivity index (χ0) is 20.4. The fraction of sp³-hybridized carbons (Fsp3) is 0.556. The maximum Gasteiger partial charge on any atom is 0.349 e. The number of carbonyl (C=O) groups excluding carboxylic acids is 4. The standard InChI is InChI=1S/C18H25NO8/c1-5-24-12-13(17(23)27-18(2,3)4)16(22)26-11-10-25-9-8-19-14(20)6-7-15(19)21/h6-7,12H,5,8-11H2,1-4H3. The first kappa shape index (κ1) is 22.4. The largest absolute Gasteiger partial charge is 0.500 e. The quantitative estimate of drug-likeness (QED) is 0.103. The second-order valence-electron chi connectivity index (χ2n) is 6.40. The summed E-state index contributed by atoms with van der Waals surface area (Å²) in [6.07, 6.45) is 3.38. The lowest BCUT2D eigenvalue weighted by atomic mass is 10.2. The van der Waals surface area contributed by atoms with Crippen LogP contribution in [0, 0.1) is 0 Å². The number of hydrogen-bond acceptors (Lipinski definition) is 8. The minimum absolute atomic E-state index is 0.0334. The van der Waals surface area contributed by atoms with Gasteiger partial charge in [-0.05, 0) is 27.7 Å². The highest BCUT2D eigenvalue weighted by molar-refractivity contribution is 6.14. The molecule has 0 saturated heterocycles. The molecule has 2 amide bonds. The lowest BCUT2D eigenvalue weighted by Crippen LogP contribution is -2.33. The van der Waals surface area contributed by atoms with Gasteiger partial charge in [-0.3, -0.25) is 14.5 Å². The molecule has 0 atom stereocenters. The summed E-state index contributed by atoms with van der Waals surface area (Å²) in [6, 6.07) is 0. The zero-order valence-electron chi connectivity index (χ0n) is 16.0. The van der Waals surface area contributed by atoms with Crippen LogP contribution in [0.4, 0.5) is 0 Å². The third-order valence-electron chi connectivity index (χ3n) is 3.03. The molecule has 0 aromatic carbocycles. The van der Waals surface area contributed by atoms with E-state index >= 15 is 0 Å². The fourth-order valence-electron chi connectivity index (χ4n) is 1.86. The van der Waals surface area contributed by atoms with E-state index in [-0.39, 0.29) is 38.5 Å². The van der Waals surface area contributed by atoms with Crippen molar-refractivity contribution in [3.8, 4) is 0 Å². The summed E-state index contributed by atoms with van der Waals surface area (Å²) in [6.45, 7) is 7.11. The number of rotatable bonds is 10. The molecule has 9 heteroatoms. The van der Waals surface area contributed by atoms with Gasteiger partial charge in [-0.2, -0.15) is 0 Å². The maximum absolute atomic E-state index is 12.1. The van der Waals surface area contributed by atoms with E-state index in [0.29, 0.717) is 0 Å². The monoisotopic (exact) mass is 383 g/mol. The van der Waals surface area contributed by atoms with Crippen molar-refractivity contribution in [1.82, 2.24) is 4.90 Å². The van der Waals surface area contributed by atoms with E-state index in [1.807, 2.05) is 0 Å². The molecule has 1 heterocycles. The summed E-state index contributed by atoms with van der Waals surface area (Å²) in [7, 11) is 0. The first-order valence-electron chi connectivity index (χ1n) is 8.49. The van der Waals surface area contributed by atoms with Gasteiger partial charge >= 0.3 is 11.9 Å². The van der Waals surface area contributed by atoms with Gasteiger partial charge in [-0.1, -0.05) is 0 Å². The summed E-state index contributed by atoms with van der Waals surface area (Å²) >= 11 is 0. The molecule has 0 radical (unpaired) electrons. The molecule has 0 spiro atoms. The van der Waals surface area contributed by atoms with E-state index in [2.05, 4.69) is 0 Å². The number of amides is 2. The molecule has 0 fully saturated rings. The maximum atomic E-state index is 12.1. The van der Waals surface area contributed by atoms with Crippen LogP contribution in [0.15, 0.2) is 24.0 Å². The molecule has 27 heavy (non-hydrogen) atoms. The van der Waals surface area contributed by atoms with Gasteiger partial charge in [-0.25, -0.2) is 9.59 Å². The number of imide groups is 1. The molecule has 9 nitrogen and oxygen atoms in total. The van der Waals surface area contributed by atoms with Crippen molar-refractivity contribution >= 4 is 23.8 Å². The minimum Gasteiger partial charge on any atom is -0.500 e. The zero-order valence-corrected chi connectivity index (χ0v) is 16.0. The van der Waals surface area contributed by atoms with Crippen LogP contribution in [0.25, 0.3) is 0 Å². The summed E-state index contributed by atoms with van der Waals surface area (Å²) in [4.78, 5) is 47.9. The Labute approximate surface area is 157 Å². The Kier molecular flexibility index (Phi) is 8.67. The van der Waals surface area contributed by atoms with Gasteiger partial charge < -0.3 is 18.9 Å². The fourth-order valence-corrected chi connectivity index (χ4v) is 1.86. The number of carbonyl (C=O) groups is 4. The Balaban J connectivity index is 2.38. The Morgan fingerprint density at radius 1 is 1.04 bits per heavy atom. The van der Waals surface area contributed by atoms with E-state index in [1.54, 1.807) is 27.7 Å². The molecular formula is C18H25NO8.